The van der Waals surface area contributed by atoms with Gasteiger partial charge in [0.2, 0.25) is 0 Å². The third-order valence-corrected chi connectivity index (χ3v) is 4.47. The van der Waals surface area contributed by atoms with Crippen molar-refractivity contribution >= 4 is 34.4 Å². The van der Waals surface area contributed by atoms with Gasteiger partial charge < -0.3 is 10.0 Å². The molecule has 0 radical (unpaired) electrons. The number of hydrogen-bond donors (Lipinski definition) is 1. The minimum atomic E-state index is 0.233. The van der Waals surface area contributed by atoms with Crippen molar-refractivity contribution in [3.05, 3.63) is 10.0 Å². The molecule has 2 heterocycles. The van der Waals surface area contributed by atoms with Crippen molar-refractivity contribution in [2.45, 2.75) is 19.3 Å². The van der Waals surface area contributed by atoms with Gasteiger partial charge in [-0.2, -0.15) is 0 Å². The summed E-state index contributed by atoms with van der Waals surface area (Å²) in [5, 5.41) is 10.1. The van der Waals surface area contributed by atoms with Crippen LogP contribution in [0.5, 0.6) is 0 Å². The van der Waals surface area contributed by atoms with Gasteiger partial charge in [0, 0.05) is 19.7 Å². The average Bonchev–Trinajstić information content (AvgIpc) is 2.71. The van der Waals surface area contributed by atoms with Crippen LogP contribution >= 0.6 is 22.9 Å². The molecule has 4 nitrogen and oxygen atoms in total. The lowest BCUT2D eigenvalue weighted by Crippen LogP contribution is -2.35. The van der Waals surface area contributed by atoms with E-state index in [-0.39, 0.29) is 6.61 Å². The summed E-state index contributed by atoms with van der Waals surface area (Å²) >= 11 is 7.20. The number of piperidine rings is 1. The van der Waals surface area contributed by atoms with E-state index in [4.69, 9.17) is 16.7 Å². The van der Waals surface area contributed by atoms with Gasteiger partial charge in [-0.1, -0.05) is 22.9 Å². The van der Waals surface area contributed by atoms with Crippen LogP contribution < -0.4 is 4.90 Å². The van der Waals surface area contributed by atoms with Gasteiger partial charge in [-0.25, -0.2) is 4.98 Å². The van der Waals surface area contributed by atoms with Crippen LogP contribution in [0.4, 0.5) is 5.13 Å². The summed E-state index contributed by atoms with van der Waals surface area (Å²) in [4.78, 5) is 17.6. The number of anilines is 1. The van der Waals surface area contributed by atoms with Gasteiger partial charge in [-0.15, -0.1) is 0 Å². The van der Waals surface area contributed by atoms with Crippen LogP contribution in [-0.2, 0) is 0 Å². The van der Waals surface area contributed by atoms with E-state index in [1.807, 2.05) is 0 Å². The predicted molar refractivity (Wildman–Crippen MR) is 69.2 cm³/mol. The lowest BCUT2D eigenvalue weighted by Gasteiger charge is -2.32. The molecule has 0 amide bonds. The van der Waals surface area contributed by atoms with Crippen LogP contribution in [0.1, 0.15) is 28.9 Å². The van der Waals surface area contributed by atoms with Crippen LogP contribution in [0.3, 0.4) is 0 Å². The number of aromatic nitrogens is 1. The number of hydrogen-bond acceptors (Lipinski definition) is 5. The molecular weight excluding hydrogens is 260 g/mol. The van der Waals surface area contributed by atoms with Crippen molar-refractivity contribution < 1.29 is 9.90 Å². The number of halogens is 1. The zero-order valence-electron chi connectivity index (χ0n) is 9.43. The number of nitrogens with zero attached hydrogens (tertiary/aromatic N) is 2. The van der Waals surface area contributed by atoms with Gasteiger partial charge in [0.15, 0.2) is 16.6 Å². The molecule has 0 aliphatic carbocycles. The first-order chi connectivity index (χ1) is 8.24. The molecule has 1 aromatic rings. The Balaban J connectivity index is 2.07. The van der Waals surface area contributed by atoms with Gasteiger partial charge in [0.25, 0.3) is 0 Å². The molecule has 0 saturated carbocycles. The van der Waals surface area contributed by atoms with Gasteiger partial charge in [-0.3, -0.25) is 4.79 Å². The summed E-state index contributed by atoms with van der Waals surface area (Å²) in [6.45, 7) is 2.07. The van der Waals surface area contributed by atoms with Crippen LogP contribution in [0.25, 0.3) is 0 Å². The number of aliphatic hydroxyl groups is 1. The number of carbonyl (C=O) groups excluding carboxylic acids is 1. The van der Waals surface area contributed by atoms with Gasteiger partial charge in [0.05, 0.1) is 0 Å². The molecule has 1 aliphatic heterocycles. The van der Waals surface area contributed by atoms with Crippen molar-refractivity contribution in [1.29, 1.82) is 0 Å². The van der Waals surface area contributed by atoms with E-state index in [0.29, 0.717) is 15.9 Å². The second-order valence-electron chi connectivity index (χ2n) is 4.24. The molecule has 1 fully saturated rings. The first-order valence-electron chi connectivity index (χ1n) is 5.72. The van der Waals surface area contributed by atoms with Crippen molar-refractivity contribution in [1.82, 2.24) is 4.98 Å². The highest BCUT2D eigenvalue weighted by atomic mass is 35.5. The molecule has 94 valence electrons. The quantitative estimate of drug-likeness (QED) is 0.856. The van der Waals surface area contributed by atoms with Crippen LogP contribution in [0.2, 0.25) is 5.15 Å². The molecule has 1 atom stereocenters. The highest BCUT2D eigenvalue weighted by Gasteiger charge is 2.22. The Bertz CT molecular complexity index is 395. The van der Waals surface area contributed by atoms with Gasteiger partial charge >= 0.3 is 0 Å². The summed E-state index contributed by atoms with van der Waals surface area (Å²) < 4.78 is 0. The molecular formula is C11H15ClN2O2S. The number of carbonyl (C=O) groups is 1. The topological polar surface area (TPSA) is 53.4 Å². The van der Waals surface area contributed by atoms with Crippen LogP contribution in [0.15, 0.2) is 0 Å². The van der Waals surface area contributed by atoms with E-state index in [1.54, 1.807) is 0 Å². The Labute approximate surface area is 109 Å². The predicted octanol–water partition coefficient (Wildman–Crippen LogP) is 2.21. The molecule has 1 aliphatic rings. The van der Waals surface area contributed by atoms with Crippen LogP contribution in [-0.4, -0.2) is 36.1 Å². The maximum absolute atomic E-state index is 10.7. The first kappa shape index (κ1) is 12.8. The van der Waals surface area contributed by atoms with E-state index < -0.39 is 0 Å². The zero-order chi connectivity index (χ0) is 12.3. The van der Waals surface area contributed by atoms with Gasteiger partial charge in [0.1, 0.15) is 4.88 Å². The van der Waals surface area contributed by atoms with E-state index in [2.05, 4.69) is 9.88 Å². The Morgan fingerprint density at radius 1 is 1.65 bits per heavy atom. The van der Waals surface area contributed by atoms with Crippen molar-refractivity contribution in [2.75, 3.05) is 24.6 Å². The second-order valence-corrected chi connectivity index (χ2v) is 5.60. The molecule has 6 heteroatoms. The molecule has 17 heavy (non-hydrogen) atoms. The standard InChI is InChI=1S/C11H15ClN2O2S/c12-10-9(7-16)17-11(13-10)14-4-1-2-8(6-14)3-5-15/h7-8,15H,1-6H2. The largest absolute Gasteiger partial charge is 0.396 e. The molecule has 2 rings (SSSR count). The third kappa shape index (κ3) is 2.97. The molecule has 1 N–H and O–H groups in total. The Hall–Kier alpha value is -0.650. The molecule has 1 aromatic heterocycles. The summed E-state index contributed by atoms with van der Waals surface area (Å²) in [5.74, 6) is 0.510. The molecule has 0 bridgehead atoms. The fourth-order valence-electron chi connectivity index (χ4n) is 2.17. The second kappa shape index (κ2) is 5.80. The maximum atomic E-state index is 10.7. The maximum Gasteiger partial charge on any atom is 0.187 e. The normalized spacial score (nSPS) is 20.6. The number of aliphatic hydroxyl groups excluding tert-OH is 1. The fourth-order valence-corrected chi connectivity index (χ4v) is 3.26. The third-order valence-electron chi connectivity index (χ3n) is 3.03. The first-order valence-corrected chi connectivity index (χ1v) is 6.91. The van der Waals surface area contributed by atoms with Crippen LogP contribution in [0, 0.1) is 5.92 Å². The number of thiazole rings is 1. The Morgan fingerprint density at radius 3 is 3.12 bits per heavy atom. The fraction of sp³-hybridized carbons (Fsp3) is 0.636. The van der Waals surface area contributed by atoms with E-state index >= 15 is 0 Å². The van der Waals surface area contributed by atoms with E-state index in [9.17, 15) is 4.79 Å². The van der Waals surface area contributed by atoms with Crippen molar-refractivity contribution in [3.8, 4) is 0 Å². The van der Waals surface area contributed by atoms with Crippen molar-refractivity contribution in [3.63, 3.8) is 0 Å². The zero-order valence-corrected chi connectivity index (χ0v) is 11.0. The molecule has 1 saturated heterocycles. The highest BCUT2D eigenvalue weighted by molar-refractivity contribution is 7.17. The summed E-state index contributed by atoms with van der Waals surface area (Å²) in [7, 11) is 0. The Kier molecular flexibility index (Phi) is 4.36. The number of aldehydes is 1. The smallest absolute Gasteiger partial charge is 0.187 e. The summed E-state index contributed by atoms with van der Waals surface area (Å²) in [5.41, 5.74) is 0. The lowest BCUT2D eigenvalue weighted by atomic mass is 9.95. The summed E-state index contributed by atoms with van der Waals surface area (Å²) in [6, 6.07) is 0. The minimum Gasteiger partial charge on any atom is -0.396 e. The van der Waals surface area contributed by atoms with E-state index in [0.717, 1.165) is 43.8 Å². The summed E-state index contributed by atoms with van der Waals surface area (Å²) in [6.07, 6.45) is 3.82. The molecule has 0 spiro atoms. The Morgan fingerprint density at radius 2 is 2.47 bits per heavy atom. The highest BCUT2D eigenvalue weighted by Crippen LogP contribution is 2.31. The minimum absolute atomic E-state index is 0.233. The molecule has 0 aromatic carbocycles. The molecule has 1 unspecified atom stereocenters. The van der Waals surface area contributed by atoms with E-state index in [1.165, 1.54) is 11.3 Å². The average molecular weight is 275 g/mol. The SMILES string of the molecule is O=Cc1sc(N2CCCC(CCO)C2)nc1Cl. The van der Waals surface area contributed by atoms with Gasteiger partial charge in [-0.05, 0) is 25.2 Å². The van der Waals surface area contributed by atoms with Crippen molar-refractivity contribution in [2.24, 2.45) is 5.92 Å². The number of rotatable bonds is 4. The monoisotopic (exact) mass is 274 g/mol. The lowest BCUT2D eigenvalue weighted by molar-refractivity contribution is 0.112.